The Labute approximate surface area is 208 Å². The minimum atomic E-state index is -5.98. The Hall–Kier alpha value is -3.28. The first-order valence-electron chi connectivity index (χ1n) is 10.3. The molecule has 0 bridgehead atoms. The molecular weight excluding hydrogens is 551 g/mol. The number of benzene rings is 1. The predicted molar refractivity (Wildman–Crippen MR) is 107 cm³/mol. The van der Waals surface area contributed by atoms with Gasteiger partial charge in [0.1, 0.15) is 6.61 Å². The number of halogens is 9. The lowest BCUT2D eigenvalue weighted by molar-refractivity contribution is -0.305. The second-order valence-electron chi connectivity index (χ2n) is 7.34. The average Bonchev–Trinajstić information content (AvgIpc) is 2.75. The van der Waals surface area contributed by atoms with Gasteiger partial charge in [0.25, 0.3) is 5.60 Å². The maximum absolute atomic E-state index is 13.7. The topological polar surface area (TPSA) is 123 Å². The maximum atomic E-state index is 13.7. The fourth-order valence-electron chi connectivity index (χ4n) is 2.81. The van der Waals surface area contributed by atoms with E-state index in [1.165, 1.54) is 6.92 Å². The van der Waals surface area contributed by atoms with Gasteiger partial charge in [0.2, 0.25) is 0 Å². The van der Waals surface area contributed by atoms with E-state index in [-0.39, 0.29) is 5.56 Å². The lowest BCUT2D eigenvalue weighted by Gasteiger charge is -2.33. The maximum Gasteiger partial charge on any atom is 0.448 e. The summed E-state index contributed by atoms with van der Waals surface area (Å²) < 4.78 is 132. The number of urea groups is 1. The van der Waals surface area contributed by atoms with Crippen LogP contribution in [-0.2, 0) is 29.4 Å². The number of amides is 2. The van der Waals surface area contributed by atoms with Crippen molar-refractivity contribution in [2.24, 2.45) is 0 Å². The predicted octanol–water partition coefficient (Wildman–Crippen LogP) is 3.83. The van der Waals surface area contributed by atoms with Crippen LogP contribution in [0.2, 0.25) is 0 Å². The van der Waals surface area contributed by atoms with Gasteiger partial charge in [-0.25, -0.2) is 14.4 Å². The van der Waals surface area contributed by atoms with E-state index in [1.807, 2.05) is 0 Å². The molecular formula is C20H21F9N2O7. The normalized spacial score (nSPS) is 15.6. The second-order valence-corrected chi connectivity index (χ2v) is 7.34. The van der Waals surface area contributed by atoms with Crippen LogP contribution in [0, 0.1) is 6.92 Å². The molecule has 38 heavy (non-hydrogen) atoms. The molecule has 18 heteroatoms. The van der Waals surface area contributed by atoms with E-state index in [0.717, 1.165) is 19.2 Å². The van der Waals surface area contributed by atoms with Crippen molar-refractivity contribution >= 4 is 23.7 Å². The zero-order valence-corrected chi connectivity index (χ0v) is 19.7. The molecule has 3 N–H and O–H groups in total. The number of aryl methyl sites for hydroxylation is 1. The number of rotatable bonds is 9. The van der Waals surface area contributed by atoms with Gasteiger partial charge in [-0.05, 0) is 32.4 Å². The summed E-state index contributed by atoms with van der Waals surface area (Å²) in [5.41, 5.74) is -10.8. The molecule has 0 spiro atoms. The van der Waals surface area contributed by atoms with Crippen molar-refractivity contribution < 1.29 is 73.2 Å². The van der Waals surface area contributed by atoms with Crippen LogP contribution in [0.4, 0.5) is 50.0 Å². The number of alkyl halides is 9. The van der Waals surface area contributed by atoms with Crippen LogP contribution in [0.3, 0.4) is 0 Å². The number of esters is 2. The van der Waals surface area contributed by atoms with Gasteiger partial charge in [0.15, 0.2) is 0 Å². The Morgan fingerprint density at radius 2 is 1.39 bits per heavy atom. The van der Waals surface area contributed by atoms with Gasteiger partial charge in [0, 0.05) is 11.3 Å². The summed E-state index contributed by atoms with van der Waals surface area (Å²) in [6.45, 7) is -0.730. The van der Waals surface area contributed by atoms with E-state index in [0.29, 0.717) is 18.2 Å². The van der Waals surface area contributed by atoms with E-state index in [4.69, 9.17) is 0 Å². The highest BCUT2D eigenvalue weighted by Crippen LogP contribution is 2.41. The Kier molecular flexibility index (Phi) is 10.0. The third kappa shape index (κ3) is 7.18. The van der Waals surface area contributed by atoms with Crippen LogP contribution in [0.5, 0.6) is 0 Å². The molecule has 0 radical (unpaired) electrons. The second kappa shape index (κ2) is 11.6. The molecule has 2 amide bonds. The zero-order chi connectivity index (χ0) is 29.7. The average molecular weight is 572 g/mol. The van der Waals surface area contributed by atoms with Crippen LogP contribution in [0.25, 0.3) is 0 Å². The zero-order valence-electron chi connectivity index (χ0n) is 19.7. The highest BCUT2D eigenvalue weighted by molar-refractivity contribution is 5.95. The van der Waals surface area contributed by atoms with Gasteiger partial charge in [-0.2, -0.15) is 39.5 Å². The molecule has 1 aromatic rings. The number of carbonyl (C=O) groups is 3. The van der Waals surface area contributed by atoms with Gasteiger partial charge in [-0.15, -0.1) is 0 Å². The molecule has 0 aliphatic rings. The van der Waals surface area contributed by atoms with E-state index in [1.54, 1.807) is 5.32 Å². The number of anilines is 1. The van der Waals surface area contributed by atoms with Crippen molar-refractivity contribution in [3.63, 3.8) is 0 Å². The fourth-order valence-corrected chi connectivity index (χ4v) is 2.81. The first-order valence-corrected chi connectivity index (χ1v) is 10.3. The molecule has 9 nitrogen and oxygen atoms in total. The highest BCUT2D eigenvalue weighted by Gasteiger charge is 2.66. The summed E-state index contributed by atoms with van der Waals surface area (Å²) in [6, 6.07) is -0.320. The number of ether oxygens (including phenoxy) is 3. The number of hydrogen-bond acceptors (Lipinski definition) is 7. The Bertz CT molecular complexity index is 1030. The lowest BCUT2D eigenvalue weighted by Crippen LogP contribution is -2.67. The molecule has 0 aliphatic carbocycles. The summed E-state index contributed by atoms with van der Waals surface area (Å²) in [7, 11) is 0. The smallest absolute Gasteiger partial charge is 0.448 e. The van der Waals surface area contributed by atoms with Crippen molar-refractivity contribution in [1.82, 2.24) is 5.32 Å². The van der Waals surface area contributed by atoms with Crippen LogP contribution < -0.4 is 10.6 Å². The molecule has 0 unspecified atom stereocenters. The molecule has 0 aliphatic heterocycles. The number of aliphatic hydroxyl groups is 1. The van der Waals surface area contributed by atoms with E-state index in [9.17, 15) is 59.0 Å². The molecule has 1 rings (SSSR count). The molecule has 0 saturated heterocycles. The lowest BCUT2D eigenvalue weighted by atomic mass is 9.91. The third-order valence-electron chi connectivity index (χ3n) is 4.58. The van der Waals surface area contributed by atoms with Crippen molar-refractivity contribution in [3.05, 3.63) is 29.3 Å². The van der Waals surface area contributed by atoms with Crippen LogP contribution in [-0.4, -0.2) is 67.2 Å². The summed E-state index contributed by atoms with van der Waals surface area (Å²) in [6.07, 6.45) is -16.9. The molecule has 0 saturated carbocycles. The van der Waals surface area contributed by atoms with Crippen molar-refractivity contribution in [3.8, 4) is 0 Å². The monoisotopic (exact) mass is 572 g/mol. The molecule has 1 aromatic carbocycles. The highest BCUT2D eigenvalue weighted by atomic mass is 19.4. The summed E-state index contributed by atoms with van der Waals surface area (Å²) >= 11 is 0. The Morgan fingerprint density at radius 3 is 1.82 bits per heavy atom. The van der Waals surface area contributed by atoms with E-state index in [2.05, 4.69) is 14.2 Å². The number of hydrogen-bond donors (Lipinski definition) is 3. The molecule has 216 valence electrons. The van der Waals surface area contributed by atoms with Crippen LogP contribution >= 0.6 is 0 Å². The first kappa shape index (κ1) is 32.7. The molecule has 2 atom stereocenters. The van der Waals surface area contributed by atoms with Gasteiger partial charge < -0.3 is 24.6 Å². The quantitative estimate of drug-likeness (QED) is 0.234. The van der Waals surface area contributed by atoms with Crippen LogP contribution in [0.15, 0.2) is 18.2 Å². The van der Waals surface area contributed by atoms with E-state index < -0.39 is 78.9 Å². The third-order valence-corrected chi connectivity index (χ3v) is 4.58. The van der Waals surface area contributed by atoms with Gasteiger partial charge in [0.05, 0.1) is 13.2 Å². The number of carbonyl (C=O) groups excluding carboxylic acids is 3. The first-order chi connectivity index (χ1) is 17.2. The summed E-state index contributed by atoms with van der Waals surface area (Å²) in [5.74, 6) is -4.53. The fraction of sp³-hybridized carbons (Fsp3) is 0.550. The minimum absolute atomic E-state index is 0.366. The largest absolute Gasteiger partial charge is 0.463 e. The van der Waals surface area contributed by atoms with Gasteiger partial charge in [-0.3, -0.25) is 5.32 Å². The Morgan fingerprint density at radius 1 is 0.868 bits per heavy atom. The van der Waals surface area contributed by atoms with Crippen molar-refractivity contribution in [2.45, 2.75) is 50.6 Å². The number of nitrogens with one attached hydrogen (secondary N) is 2. The van der Waals surface area contributed by atoms with Crippen LogP contribution in [0.1, 0.15) is 25.0 Å². The SMILES string of the molecule is CCOC(=O)[C@](NC(=O)Nc1ccc([C@@](O)(C(=O)OCC)C(F)(F)F)cc1C)(OCC(F)(F)F)C(F)(F)F. The van der Waals surface area contributed by atoms with Crippen molar-refractivity contribution in [1.29, 1.82) is 0 Å². The van der Waals surface area contributed by atoms with Gasteiger partial charge >= 0.3 is 42.2 Å². The van der Waals surface area contributed by atoms with Crippen molar-refractivity contribution in [2.75, 3.05) is 25.1 Å². The van der Waals surface area contributed by atoms with Gasteiger partial charge in [-0.1, -0.05) is 12.1 Å². The van der Waals surface area contributed by atoms with E-state index >= 15 is 0 Å². The Balaban J connectivity index is 3.40. The molecule has 0 fully saturated rings. The molecule has 0 heterocycles. The minimum Gasteiger partial charge on any atom is -0.463 e. The standard InChI is InChI=1S/C20H21F9N2O7/c1-4-36-13(32)17(35,19(24,25)26)11-6-7-12(10(3)8-11)30-15(34)31-18(20(27,28)29,14(33)37-5-2)38-9-16(21,22)23/h6-8,35H,4-5,9H2,1-3H3,(H2,30,31,34)/t17-,18+/m1/s1. The summed E-state index contributed by atoms with van der Waals surface area (Å²) in [4.78, 5) is 36.2. The molecule has 0 aromatic heterocycles. The summed E-state index contributed by atoms with van der Waals surface area (Å²) in [5, 5.41) is 12.7.